The first-order chi connectivity index (χ1) is 16.4. The van der Waals surface area contributed by atoms with Crippen molar-refractivity contribution >= 4 is 23.2 Å². The Morgan fingerprint density at radius 3 is 2.06 bits per heavy atom. The van der Waals surface area contributed by atoms with Crippen molar-refractivity contribution in [3.05, 3.63) is 89.5 Å². The molecule has 0 saturated carbocycles. The maximum atomic E-state index is 12.7. The molecule has 0 radical (unpaired) electrons. The summed E-state index contributed by atoms with van der Waals surface area (Å²) in [6.07, 6.45) is -9.38. The number of hydrogen-bond acceptors (Lipinski definition) is 3. The van der Waals surface area contributed by atoms with Gasteiger partial charge in [0.1, 0.15) is 0 Å². The molecule has 2 amide bonds. The highest BCUT2D eigenvalue weighted by molar-refractivity contribution is 6.10. The van der Waals surface area contributed by atoms with Crippen LogP contribution >= 0.6 is 0 Å². The van der Waals surface area contributed by atoms with Crippen molar-refractivity contribution in [3.8, 4) is 5.75 Å². The second-order valence-electron chi connectivity index (χ2n) is 7.13. The van der Waals surface area contributed by atoms with E-state index in [2.05, 4.69) is 20.7 Å². The zero-order valence-corrected chi connectivity index (χ0v) is 17.8. The van der Waals surface area contributed by atoms with E-state index in [1.54, 1.807) is 24.3 Å². The number of carbonyl (C=O) groups excluding carboxylic acids is 1. The van der Waals surface area contributed by atoms with Crippen molar-refractivity contribution in [2.24, 2.45) is 0 Å². The van der Waals surface area contributed by atoms with Gasteiger partial charge in [0.2, 0.25) is 0 Å². The van der Waals surface area contributed by atoms with Gasteiger partial charge in [-0.25, -0.2) is 4.79 Å². The molecule has 0 spiro atoms. The number of rotatable bonds is 6. The van der Waals surface area contributed by atoms with Gasteiger partial charge in [-0.05, 0) is 42.0 Å². The third-order valence-corrected chi connectivity index (χ3v) is 4.59. The van der Waals surface area contributed by atoms with Crippen LogP contribution in [0.4, 0.5) is 42.5 Å². The summed E-state index contributed by atoms with van der Waals surface area (Å²) in [7, 11) is 0. The van der Waals surface area contributed by atoms with Crippen LogP contribution in [0.15, 0.2) is 72.8 Å². The van der Waals surface area contributed by atoms with E-state index in [9.17, 15) is 31.1 Å². The summed E-state index contributed by atoms with van der Waals surface area (Å²) in [5, 5.41) is 13.6. The number of ether oxygens (including phenoxy) is 1. The van der Waals surface area contributed by atoms with Crippen molar-refractivity contribution in [2.75, 3.05) is 10.6 Å². The molecule has 0 aliphatic heterocycles. The standard InChI is InChI=1S/C23H18F6N4O2/c24-22(25,26)15-11-9-14(10-12-15)13-31-17-6-2-1-5-16(17)20(30)33-21(34)32-18-7-3-4-8-19(18)35-23(27,28)29/h1-12,31H,13H2,(H3,30,32,33,34)/p+1. The van der Waals surface area contributed by atoms with Crippen molar-refractivity contribution in [2.45, 2.75) is 19.1 Å². The lowest BCUT2D eigenvalue weighted by molar-refractivity contribution is -0.274. The number of halogens is 6. The van der Waals surface area contributed by atoms with Gasteiger partial charge in [0.05, 0.1) is 16.8 Å². The molecule has 0 aromatic heterocycles. The number of nitrogens with two attached hydrogens (primary N) is 1. The van der Waals surface area contributed by atoms with Crippen LogP contribution in [-0.2, 0) is 12.7 Å². The van der Waals surface area contributed by atoms with Crippen molar-refractivity contribution in [1.29, 1.82) is 0 Å². The van der Waals surface area contributed by atoms with Gasteiger partial charge in [-0.15, -0.1) is 13.2 Å². The highest BCUT2D eigenvalue weighted by Gasteiger charge is 2.32. The lowest BCUT2D eigenvalue weighted by Crippen LogP contribution is -2.52. The van der Waals surface area contributed by atoms with Gasteiger partial charge in [0.25, 0.3) is 5.84 Å². The molecule has 0 aliphatic carbocycles. The molecule has 0 unspecified atom stereocenters. The monoisotopic (exact) mass is 497 g/mol. The molecule has 3 aromatic rings. The Kier molecular flexibility index (Phi) is 7.52. The molecule has 6 nitrogen and oxygen atoms in total. The summed E-state index contributed by atoms with van der Waals surface area (Å²) < 4.78 is 79.8. The first-order valence-electron chi connectivity index (χ1n) is 9.97. The molecule has 184 valence electrons. The number of hydrogen-bond donors (Lipinski definition) is 4. The normalized spacial score (nSPS) is 11.5. The van der Waals surface area contributed by atoms with E-state index in [0.717, 1.165) is 18.2 Å². The minimum atomic E-state index is -4.95. The molecule has 0 heterocycles. The van der Waals surface area contributed by atoms with Crippen LogP contribution in [0.3, 0.4) is 0 Å². The molecule has 0 atom stereocenters. The molecule has 5 N–H and O–H groups in total. The lowest BCUT2D eigenvalue weighted by Gasteiger charge is -2.13. The molecule has 0 bridgehead atoms. The SMILES string of the molecule is [NH2+]=C(NC(=O)Nc1ccccc1OC(F)(F)F)c1ccccc1NCc1ccc(C(F)(F)F)cc1. The highest BCUT2D eigenvalue weighted by atomic mass is 19.4. The van der Waals surface area contributed by atoms with Gasteiger partial charge in [0.15, 0.2) is 5.75 Å². The Bertz CT molecular complexity index is 1190. The number of amidine groups is 1. The first kappa shape index (κ1) is 25.4. The zero-order chi connectivity index (χ0) is 25.6. The van der Waals surface area contributed by atoms with E-state index in [-0.39, 0.29) is 18.1 Å². The Morgan fingerprint density at radius 2 is 1.43 bits per heavy atom. The number of anilines is 2. The van der Waals surface area contributed by atoms with Crippen LogP contribution in [0.5, 0.6) is 5.75 Å². The van der Waals surface area contributed by atoms with Crippen LogP contribution in [0, 0.1) is 0 Å². The maximum absolute atomic E-state index is 12.7. The summed E-state index contributed by atoms with van der Waals surface area (Å²) in [4.78, 5) is 12.3. The fourth-order valence-electron chi connectivity index (χ4n) is 3.01. The van der Waals surface area contributed by atoms with Crippen LogP contribution in [-0.4, -0.2) is 18.2 Å². The van der Waals surface area contributed by atoms with Gasteiger partial charge in [0, 0.05) is 12.2 Å². The minimum absolute atomic E-state index is 0.118. The van der Waals surface area contributed by atoms with Crippen molar-refractivity contribution < 1.29 is 41.3 Å². The van der Waals surface area contributed by atoms with E-state index in [0.29, 0.717) is 16.8 Å². The largest absolute Gasteiger partial charge is 0.573 e. The van der Waals surface area contributed by atoms with E-state index in [1.807, 2.05) is 0 Å². The molecular formula is C23H19F6N4O2+. The van der Waals surface area contributed by atoms with E-state index >= 15 is 0 Å². The quantitative estimate of drug-likeness (QED) is 0.229. The number of alkyl halides is 6. The van der Waals surface area contributed by atoms with Crippen LogP contribution < -0.4 is 26.1 Å². The number of benzene rings is 3. The van der Waals surface area contributed by atoms with Crippen LogP contribution in [0.2, 0.25) is 0 Å². The van der Waals surface area contributed by atoms with Gasteiger partial charge in [-0.3, -0.25) is 10.7 Å². The molecule has 35 heavy (non-hydrogen) atoms. The fourth-order valence-corrected chi connectivity index (χ4v) is 3.01. The first-order valence-corrected chi connectivity index (χ1v) is 9.97. The van der Waals surface area contributed by atoms with Crippen molar-refractivity contribution in [3.63, 3.8) is 0 Å². The van der Waals surface area contributed by atoms with E-state index in [4.69, 9.17) is 5.41 Å². The maximum Gasteiger partial charge on any atom is 0.573 e. The molecular weight excluding hydrogens is 478 g/mol. The highest BCUT2D eigenvalue weighted by Crippen LogP contribution is 2.30. The summed E-state index contributed by atoms with van der Waals surface area (Å²) in [6.45, 7) is 0.163. The summed E-state index contributed by atoms with van der Waals surface area (Å²) >= 11 is 0. The summed E-state index contributed by atoms with van der Waals surface area (Å²) in [6, 6.07) is 15.2. The fraction of sp³-hybridized carbons (Fsp3) is 0.130. The van der Waals surface area contributed by atoms with Crippen LogP contribution in [0.1, 0.15) is 16.7 Å². The number of carbonyl (C=O) groups is 1. The average molecular weight is 497 g/mol. The predicted molar refractivity (Wildman–Crippen MR) is 117 cm³/mol. The van der Waals surface area contributed by atoms with Gasteiger partial charge in [-0.1, -0.05) is 36.4 Å². The molecule has 0 saturated heterocycles. The topological polar surface area (TPSA) is 88.0 Å². The molecule has 3 rings (SSSR count). The minimum Gasteiger partial charge on any atom is -0.404 e. The number of para-hydroxylation sites is 3. The third-order valence-electron chi connectivity index (χ3n) is 4.59. The zero-order valence-electron chi connectivity index (χ0n) is 17.8. The molecule has 3 aromatic carbocycles. The predicted octanol–water partition coefficient (Wildman–Crippen LogP) is 4.54. The molecule has 12 heteroatoms. The smallest absolute Gasteiger partial charge is 0.404 e. The Labute approximate surface area is 195 Å². The number of urea groups is 1. The third kappa shape index (κ3) is 7.39. The molecule has 0 aliphatic rings. The Balaban J connectivity index is 1.65. The summed E-state index contributed by atoms with van der Waals surface area (Å²) in [5.41, 5.74) is 0.388. The second-order valence-corrected chi connectivity index (χ2v) is 7.13. The number of nitrogens with one attached hydrogen (secondary N) is 3. The Morgan fingerprint density at radius 1 is 0.829 bits per heavy atom. The average Bonchev–Trinajstić information content (AvgIpc) is 2.78. The van der Waals surface area contributed by atoms with E-state index in [1.165, 1.54) is 30.3 Å². The van der Waals surface area contributed by atoms with E-state index < -0.39 is 29.9 Å². The Hall–Kier alpha value is -4.22. The summed E-state index contributed by atoms with van der Waals surface area (Å²) in [5.74, 6) is -0.723. The second kappa shape index (κ2) is 10.4. The van der Waals surface area contributed by atoms with Gasteiger partial charge >= 0.3 is 18.6 Å². The lowest BCUT2D eigenvalue weighted by atomic mass is 10.1. The van der Waals surface area contributed by atoms with Gasteiger partial charge < -0.3 is 10.1 Å². The van der Waals surface area contributed by atoms with Gasteiger partial charge in [-0.2, -0.15) is 18.5 Å². The number of amides is 2. The van der Waals surface area contributed by atoms with Crippen molar-refractivity contribution in [1.82, 2.24) is 5.32 Å². The molecule has 0 fully saturated rings. The van der Waals surface area contributed by atoms with Crippen LogP contribution in [0.25, 0.3) is 0 Å².